The molecule has 63 heavy (non-hydrogen) atoms. The Morgan fingerprint density at radius 3 is 1.81 bits per heavy atom. The van der Waals surface area contributed by atoms with Crippen LogP contribution in [-0.2, 0) is 28.4 Å². The number of aromatic hydroxyl groups is 2. The molecule has 0 bridgehead atoms. The van der Waals surface area contributed by atoms with E-state index < -0.39 is 158 Å². The molecule has 0 saturated carbocycles. The fourth-order valence-corrected chi connectivity index (χ4v) is 7.57. The van der Waals surface area contributed by atoms with Gasteiger partial charge in [0.1, 0.15) is 114 Å². The van der Waals surface area contributed by atoms with E-state index in [2.05, 4.69) is 0 Å². The van der Waals surface area contributed by atoms with Gasteiger partial charge in [0.2, 0.25) is 23.8 Å². The molecule has 0 unspecified atom stereocenters. The summed E-state index contributed by atoms with van der Waals surface area (Å²) in [5.74, 6) is -2.35. The quantitative estimate of drug-likeness (QED) is 0.0856. The lowest BCUT2D eigenvalue weighted by molar-refractivity contribution is -0.346. The maximum atomic E-state index is 14.3. The third kappa shape index (κ3) is 9.19. The van der Waals surface area contributed by atoms with Crippen molar-refractivity contribution in [3.8, 4) is 34.3 Å². The molecule has 14 N–H and O–H groups in total. The van der Waals surface area contributed by atoms with E-state index in [0.717, 1.165) is 12.1 Å². The highest BCUT2D eigenvalue weighted by molar-refractivity contribution is 5.88. The highest BCUT2D eigenvalue weighted by Crippen LogP contribution is 2.39. The van der Waals surface area contributed by atoms with Gasteiger partial charge in [-0.15, -0.1) is 0 Å². The first-order valence-corrected chi connectivity index (χ1v) is 19.8. The largest absolute Gasteiger partial charge is 0.508 e. The van der Waals surface area contributed by atoms with Crippen LogP contribution >= 0.6 is 0 Å². The summed E-state index contributed by atoms with van der Waals surface area (Å²) >= 11 is 0. The van der Waals surface area contributed by atoms with E-state index in [9.17, 15) is 76.3 Å². The van der Waals surface area contributed by atoms with E-state index in [0.29, 0.717) is 0 Å². The topological polar surface area (TPSA) is 387 Å². The molecular formula is C39H50O24. The van der Waals surface area contributed by atoms with Crippen molar-refractivity contribution >= 4 is 11.0 Å². The molecule has 24 heteroatoms. The van der Waals surface area contributed by atoms with Crippen molar-refractivity contribution in [3.63, 3.8) is 0 Å². The van der Waals surface area contributed by atoms with Crippen molar-refractivity contribution in [2.75, 3.05) is 13.2 Å². The van der Waals surface area contributed by atoms with Crippen LogP contribution in [0.1, 0.15) is 13.8 Å². The summed E-state index contributed by atoms with van der Waals surface area (Å²) < 4.78 is 51.1. The highest BCUT2D eigenvalue weighted by Gasteiger charge is 2.51. The number of benzene rings is 2. The first kappa shape index (κ1) is 47.1. The highest BCUT2D eigenvalue weighted by atomic mass is 16.7. The van der Waals surface area contributed by atoms with Crippen LogP contribution in [0.4, 0.5) is 0 Å². The molecule has 5 heterocycles. The van der Waals surface area contributed by atoms with Crippen LogP contribution < -0.4 is 14.9 Å². The molecule has 4 saturated heterocycles. The van der Waals surface area contributed by atoms with Gasteiger partial charge < -0.3 is 114 Å². The second kappa shape index (κ2) is 18.9. The molecule has 350 valence electrons. The van der Waals surface area contributed by atoms with E-state index in [1.165, 1.54) is 38.1 Å². The van der Waals surface area contributed by atoms with Gasteiger partial charge >= 0.3 is 0 Å². The maximum absolute atomic E-state index is 14.3. The fraction of sp³-hybridized carbons (Fsp3) is 0.615. The molecule has 4 fully saturated rings. The van der Waals surface area contributed by atoms with Crippen molar-refractivity contribution in [2.24, 2.45) is 0 Å². The molecule has 0 amide bonds. The van der Waals surface area contributed by atoms with E-state index in [4.69, 9.17) is 42.3 Å². The summed E-state index contributed by atoms with van der Waals surface area (Å²) in [6, 6.07) is 7.15. The summed E-state index contributed by atoms with van der Waals surface area (Å²) in [5, 5.41) is 146. The van der Waals surface area contributed by atoms with Crippen molar-refractivity contribution in [2.45, 2.75) is 137 Å². The molecule has 20 atom stereocenters. The lowest BCUT2D eigenvalue weighted by atomic mass is 9.97. The molecule has 3 aromatic rings. The number of aliphatic hydroxyl groups excluding tert-OH is 12. The molecule has 0 spiro atoms. The Bertz CT molecular complexity index is 2080. The van der Waals surface area contributed by atoms with Gasteiger partial charge in [0, 0.05) is 17.7 Å². The Morgan fingerprint density at radius 2 is 1.14 bits per heavy atom. The number of phenolic OH excluding ortho intramolecular Hbond substituents is 2. The number of aliphatic hydroxyl groups is 12. The first-order chi connectivity index (χ1) is 29.8. The van der Waals surface area contributed by atoms with Crippen molar-refractivity contribution < 1.29 is 114 Å². The van der Waals surface area contributed by atoms with E-state index in [1.54, 1.807) is 0 Å². The first-order valence-electron chi connectivity index (χ1n) is 19.8. The molecule has 1 aromatic heterocycles. The summed E-state index contributed by atoms with van der Waals surface area (Å²) in [5.41, 5.74) is -1.36. The van der Waals surface area contributed by atoms with Crippen molar-refractivity contribution in [1.29, 1.82) is 0 Å². The summed E-state index contributed by atoms with van der Waals surface area (Å²) in [7, 11) is 0. The average Bonchev–Trinajstić information content (AvgIpc) is 3.25. The molecule has 0 radical (unpaired) electrons. The standard InChI is InChI=1S/C39H50O24/c1-11-21(43)26(48)30(52)37(56-11)62-34-22(44)12(2)57-39(32(34)54)58-15-7-16(42)20-17(8-15)59-33(13-3-5-14(41)6-4-13)35(25(20)47)63-38-31(53)28(50)24(46)19(61-38)10-55-36-29(51)27(49)23(45)18(9-40)60-36/h3-8,11-12,18-19,21-24,26-32,34,36-46,48-54H,9-10H2,1-2H3/t11-,12-,18+,19+,21-,22-,23-,24+,26+,27-,28-,29+,30+,31+,32-,34+,36+,37-,38-,39-/m0/s1. The van der Waals surface area contributed by atoms with Gasteiger partial charge in [0.25, 0.3) is 0 Å². The summed E-state index contributed by atoms with van der Waals surface area (Å²) in [4.78, 5) is 14.3. The van der Waals surface area contributed by atoms with Crippen LogP contribution in [0.15, 0.2) is 45.6 Å². The minimum Gasteiger partial charge on any atom is -0.508 e. The van der Waals surface area contributed by atoms with Gasteiger partial charge in [0.05, 0.1) is 25.4 Å². The zero-order valence-electron chi connectivity index (χ0n) is 33.3. The normalized spacial score (nSPS) is 41.0. The van der Waals surface area contributed by atoms with E-state index in [-0.39, 0.29) is 28.4 Å². The number of rotatable bonds is 11. The van der Waals surface area contributed by atoms with Crippen LogP contribution in [-0.4, -0.2) is 208 Å². The number of phenols is 2. The lowest BCUT2D eigenvalue weighted by Gasteiger charge is -2.45. The van der Waals surface area contributed by atoms with Gasteiger partial charge in [-0.05, 0) is 38.1 Å². The number of hydrogen-bond acceptors (Lipinski definition) is 24. The van der Waals surface area contributed by atoms with E-state index in [1.807, 2.05) is 0 Å². The third-order valence-corrected chi connectivity index (χ3v) is 11.3. The third-order valence-electron chi connectivity index (χ3n) is 11.3. The van der Waals surface area contributed by atoms with Crippen LogP contribution in [0.2, 0.25) is 0 Å². The molecular weight excluding hydrogens is 852 g/mol. The molecule has 4 aliphatic heterocycles. The average molecular weight is 903 g/mol. The Morgan fingerprint density at radius 1 is 0.587 bits per heavy atom. The second-order valence-corrected chi connectivity index (χ2v) is 15.7. The monoisotopic (exact) mass is 902 g/mol. The number of ether oxygens (including phenoxy) is 8. The van der Waals surface area contributed by atoms with Crippen molar-refractivity contribution in [3.05, 3.63) is 46.6 Å². The van der Waals surface area contributed by atoms with Gasteiger partial charge in [-0.25, -0.2) is 0 Å². The van der Waals surface area contributed by atoms with Gasteiger partial charge in [-0.2, -0.15) is 0 Å². The zero-order valence-corrected chi connectivity index (χ0v) is 33.3. The van der Waals surface area contributed by atoms with Gasteiger partial charge in [-0.1, -0.05) is 0 Å². The number of fused-ring (bicyclic) bond motifs is 1. The molecule has 2 aromatic carbocycles. The Balaban J connectivity index is 1.16. The molecule has 0 aliphatic carbocycles. The summed E-state index contributed by atoms with van der Waals surface area (Å²) in [6.07, 6.45) is -33.1. The van der Waals surface area contributed by atoms with Crippen LogP contribution in [0.3, 0.4) is 0 Å². The van der Waals surface area contributed by atoms with Crippen molar-refractivity contribution in [1.82, 2.24) is 0 Å². The number of hydrogen-bond donors (Lipinski definition) is 14. The molecule has 24 nitrogen and oxygen atoms in total. The molecule has 4 aliphatic rings. The second-order valence-electron chi connectivity index (χ2n) is 15.7. The van der Waals surface area contributed by atoms with E-state index >= 15 is 0 Å². The van der Waals surface area contributed by atoms with Crippen LogP contribution in [0.5, 0.6) is 23.0 Å². The maximum Gasteiger partial charge on any atom is 0.239 e. The van der Waals surface area contributed by atoms with Crippen LogP contribution in [0.25, 0.3) is 22.3 Å². The lowest BCUT2D eigenvalue weighted by Crippen LogP contribution is -2.63. The Hall–Kier alpha value is -3.87. The summed E-state index contributed by atoms with van der Waals surface area (Å²) in [6.45, 7) is 1.33. The Labute approximate surface area is 355 Å². The smallest absolute Gasteiger partial charge is 0.239 e. The predicted octanol–water partition coefficient (Wildman–Crippen LogP) is -5.07. The fourth-order valence-electron chi connectivity index (χ4n) is 7.57. The zero-order chi connectivity index (χ0) is 45.8. The minimum atomic E-state index is -2.06. The van der Waals surface area contributed by atoms with Gasteiger partial charge in [-0.3, -0.25) is 4.79 Å². The molecule has 7 rings (SSSR count). The van der Waals surface area contributed by atoms with Gasteiger partial charge in [0.15, 0.2) is 18.3 Å². The van der Waals surface area contributed by atoms with Crippen LogP contribution in [0, 0.1) is 0 Å². The SMILES string of the molecule is C[C@@H]1O[C@@H](O[C@H]2[C@H](O)[C@H](Oc3cc(O)c4c(=O)c(O[C@@H]5O[C@H](CO[C@@H]6O[C@H](CO)[C@H](O)[C@H](O)[C@H]6O)[C@@H](O)[C@H](O)[C@H]5O)c(-c5ccc(O)cc5)oc4c3)O[C@@H](C)[C@@H]2O)[C@H](O)[C@H](O)[C@H]1O. The Kier molecular flexibility index (Phi) is 14.1. The minimum absolute atomic E-state index is 0.0777. The predicted molar refractivity (Wildman–Crippen MR) is 202 cm³/mol.